The summed E-state index contributed by atoms with van der Waals surface area (Å²) in [5, 5.41) is 4.21. The van der Waals surface area contributed by atoms with Gasteiger partial charge in [-0.2, -0.15) is 5.39 Å². The van der Waals surface area contributed by atoms with Crippen LogP contribution in [0.5, 0.6) is 0 Å². The van der Waals surface area contributed by atoms with Crippen molar-refractivity contribution in [1.82, 2.24) is 4.40 Å². The second-order valence-corrected chi connectivity index (χ2v) is 4.69. The predicted octanol–water partition coefficient (Wildman–Crippen LogP) is 1.62. The van der Waals surface area contributed by atoms with Gasteiger partial charge in [0.1, 0.15) is 0 Å². The Bertz CT molecular complexity index is 1110. The molecule has 0 amide bonds. The zero-order valence-electron chi connectivity index (χ0n) is 10.5. The molecule has 3 heteroatoms. The van der Waals surface area contributed by atoms with E-state index < -0.39 is 0 Å². The fraction of sp³-hybridized carbons (Fsp3) is 0. The maximum Gasteiger partial charge on any atom is 2.00 e. The van der Waals surface area contributed by atoms with Gasteiger partial charge in [-0.1, -0.05) is 30.3 Å². The van der Waals surface area contributed by atoms with Crippen molar-refractivity contribution in [2.45, 2.75) is 0 Å². The number of fused-ring (bicyclic) bond motifs is 2. The zero-order valence-corrected chi connectivity index (χ0v) is 11.9. The number of rotatable bonds is 0. The largest absolute Gasteiger partial charge is 2.00 e. The molecule has 2 aromatic heterocycles. The van der Waals surface area contributed by atoms with Crippen molar-refractivity contribution in [1.29, 1.82) is 0 Å². The van der Waals surface area contributed by atoms with Crippen molar-refractivity contribution in [2.75, 3.05) is 0 Å². The Hall–Kier alpha value is -2.03. The van der Waals surface area contributed by atoms with Crippen LogP contribution in [-0.2, 0) is 18.6 Å². The van der Waals surface area contributed by atoms with Crippen LogP contribution in [0.25, 0.3) is 40.2 Å². The van der Waals surface area contributed by atoms with Gasteiger partial charge < -0.3 is 22.8 Å². The number of nitrogens with zero attached hydrogens (tertiary/aromatic N) is 1. The zero-order chi connectivity index (χ0) is 13.1. The average molecular weight is 294 g/mol. The van der Waals surface area contributed by atoms with Crippen molar-refractivity contribution in [3.63, 3.8) is 0 Å². The number of pyridine rings is 1. The summed E-state index contributed by atoms with van der Waals surface area (Å²) in [6, 6.07) is 13.4. The van der Waals surface area contributed by atoms with E-state index in [1.165, 1.54) is 4.40 Å². The van der Waals surface area contributed by atoms with E-state index in [2.05, 4.69) is 0 Å². The van der Waals surface area contributed by atoms with E-state index in [0.29, 0.717) is 16.0 Å². The minimum Gasteiger partial charge on any atom is -0.378 e. The van der Waals surface area contributed by atoms with Crippen molar-refractivity contribution < 1.29 is 18.6 Å². The van der Waals surface area contributed by atoms with Crippen LogP contribution in [0.2, 0.25) is 0 Å². The maximum absolute atomic E-state index is 12.6. The summed E-state index contributed by atoms with van der Waals surface area (Å²) < 4.78 is 1.52. The van der Waals surface area contributed by atoms with Crippen molar-refractivity contribution in [2.24, 2.45) is 0 Å². The summed E-state index contributed by atoms with van der Waals surface area (Å²) in [6.45, 7) is 12.0. The third kappa shape index (κ3) is 1.38. The van der Waals surface area contributed by atoms with Gasteiger partial charge in [0.15, 0.2) is 0 Å². The summed E-state index contributed by atoms with van der Waals surface area (Å²) in [5.74, 6) is 0. The molecule has 0 N–H and O–H groups in total. The van der Waals surface area contributed by atoms with Crippen molar-refractivity contribution >= 4 is 40.2 Å². The molecule has 0 unspecified atom stereocenters. The Balaban J connectivity index is 0.00000121. The van der Waals surface area contributed by atoms with Crippen LogP contribution in [0.3, 0.4) is 0 Å². The van der Waals surface area contributed by atoms with E-state index in [-0.39, 0.29) is 24.1 Å². The standard InChI is InChI=1S/C17H9NO.V/c1-10-11(2)18-16-12(10)8-5-9-14(16)13-6-3-4-7-15(13)17(18)19;/h1-9H;/q-2;+2. The summed E-state index contributed by atoms with van der Waals surface area (Å²) in [6.07, 6.45) is 0. The average Bonchev–Trinajstić information content (AvgIpc) is 2.70. The van der Waals surface area contributed by atoms with E-state index >= 15 is 0 Å². The van der Waals surface area contributed by atoms with Crippen LogP contribution in [0.1, 0.15) is 0 Å². The minimum atomic E-state index is -0.117. The topological polar surface area (TPSA) is 21.5 Å². The molecule has 0 saturated heterocycles. The van der Waals surface area contributed by atoms with Gasteiger partial charge >= 0.3 is 18.6 Å². The summed E-state index contributed by atoms with van der Waals surface area (Å²) in [4.78, 5) is 12.6. The smallest absolute Gasteiger partial charge is 0.378 e. The summed E-state index contributed by atoms with van der Waals surface area (Å²) in [7, 11) is 0. The molecule has 0 aliphatic carbocycles. The van der Waals surface area contributed by atoms with Crippen molar-refractivity contribution in [3.8, 4) is 0 Å². The Morgan fingerprint density at radius 3 is 2.15 bits per heavy atom. The molecule has 0 bridgehead atoms. The summed E-state index contributed by atoms with van der Waals surface area (Å²) in [5.41, 5.74) is 0.690. The quantitative estimate of drug-likeness (QED) is 0.357. The van der Waals surface area contributed by atoms with Crippen LogP contribution in [-0.4, -0.2) is 4.40 Å². The first kappa shape index (κ1) is 13.0. The van der Waals surface area contributed by atoms with Crippen LogP contribution in [0.4, 0.5) is 0 Å². The van der Waals surface area contributed by atoms with Gasteiger partial charge in [-0.15, -0.1) is 6.07 Å². The number of para-hydroxylation sites is 1. The SMILES string of the molecule is [CH-]=c1c(=[CH-])n2c(=O)c3ccccc3c3cccc1c32.[V+2]. The molecule has 0 saturated carbocycles. The van der Waals surface area contributed by atoms with E-state index in [4.69, 9.17) is 13.2 Å². The van der Waals surface area contributed by atoms with Crippen LogP contribution >= 0.6 is 0 Å². The number of benzene rings is 2. The Kier molecular flexibility index (Phi) is 2.75. The molecule has 2 nitrogen and oxygen atoms in total. The third-order valence-corrected chi connectivity index (χ3v) is 3.72. The fourth-order valence-corrected chi connectivity index (χ4v) is 2.83. The second-order valence-electron chi connectivity index (χ2n) is 4.69. The molecule has 1 radical (unpaired) electrons. The molecule has 93 valence electrons. The molecular formula is C17H9NOV. The number of hydrogen-bond acceptors (Lipinski definition) is 1. The molecule has 20 heavy (non-hydrogen) atoms. The minimum absolute atomic E-state index is 0. The van der Waals surface area contributed by atoms with Gasteiger partial charge in [-0.25, -0.2) is 5.35 Å². The fourth-order valence-electron chi connectivity index (χ4n) is 2.83. The molecular weight excluding hydrogens is 285 g/mol. The molecule has 4 rings (SSSR count). The van der Waals surface area contributed by atoms with E-state index in [9.17, 15) is 4.79 Å². The summed E-state index contributed by atoms with van der Waals surface area (Å²) >= 11 is 0. The number of hydrogen-bond donors (Lipinski definition) is 0. The third-order valence-electron chi connectivity index (χ3n) is 3.72. The Labute approximate surface area is 126 Å². The van der Waals surface area contributed by atoms with Crippen LogP contribution in [0.15, 0.2) is 47.3 Å². The molecule has 2 heterocycles. The molecule has 0 aliphatic rings. The number of aromatic nitrogens is 1. The van der Waals surface area contributed by atoms with Crippen LogP contribution < -0.4 is 16.1 Å². The Morgan fingerprint density at radius 1 is 0.800 bits per heavy atom. The van der Waals surface area contributed by atoms with Crippen molar-refractivity contribution in [3.05, 3.63) is 63.4 Å². The molecule has 0 spiro atoms. The van der Waals surface area contributed by atoms with Gasteiger partial charge in [0, 0.05) is 5.39 Å². The van der Waals surface area contributed by atoms with Gasteiger partial charge in [0.25, 0.3) is 0 Å². The molecule has 0 atom stereocenters. The van der Waals surface area contributed by atoms with E-state index in [1.54, 1.807) is 0 Å². The van der Waals surface area contributed by atoms with E-state index in [0.717, 1.165) is 21.7 Å². The predicted molar refractivity (Wildman–Crippen MR) is 78.0 cm³/mol. The first-order valence-electron chi connectivity index (χ1n) is 6.02. The first-order valence-corrected chi connectivity index (χ1v) is 6.02. The maximum atomic E-state index is 12.6. The normalized spacial score (nSPS) is 11.2. The Morgan fingerprint density at radius 2 is 1.40 bits per heavy atom. The first-order chi connectivity index (χ1) is 9.20. The van der Waals surface area contributed by atoms with Crippen LogP contribution in [0, 0.1) is 0 Å². The molecule has 0 aliphatic heterocycles. The molecule has 2 aromatic carbocycles. The monoisotopic (exact) mass is 294 g/mol. The molecule has 4 aromatic rings. The molecule has 0 fully saturated rings. The van der Waals surface area contributed by atoms with Gasteiger partial charge in [0.05, 0.1) is 0 Å². The van der Waals surface area contributed by atoms with Gasteiger partial charge in [-0.3, -0.25) is 4.79 Å². The van der Waals surface area contributed by atoms with E-state index in [1.807, 2.05) is 42.5 Å². The van der Waals surface area contributed by atoms with Gasteiger partial charge in [-0.05, 0) is 22.4 Å². The second kappa shape index (κ2) is 4.24. The van der Waals surface area contributed by atoms with Gasteiger partial charge in [0.2, 0.25) is 5.56 Å².